The number of carbonyl (C=O) groups excluding carboxylic acids is 1. The van der Waals surface area contributed by atoms with Crippen LogP contribution < -0.4 is 4.74 Å². The van der Waals surface area contributed by atoms with Gasteiger partial charge >= 0.3 is 5.69 Å². The first-order valence-electron chi connectivity index (χ1n) is 6.69. The highest BCUT2D eigenvalue weighted by Gasteiger charge is 2.28. The molecule has 114 valence electrons. The monoisotopic (exact) mass is 356 g/mol. The third kappa shape index (κ3) is 3.34. The minimum atomic E-state index is -0.539. The van der Waals surface area contributed by atoms with Crippen molar-refractivity contribution >= 4 is 27.5 Å². The van der Waals surface area contributed by atoms with Crippen molar-refractivity contribution in [2.75, 3.05) is 20.2 Å². The van der Waals surface area contributed by atoms with Crippen LogP contribution in [0.15, 0.2) is 18.2 Å². The molecule has 1 heterocycles. The Balaban J connectivity index is 2.23. The third-order valence-corrected chi connectivity index (χ3v) is 5.07. The number of carbonyl (C=O) groups is 1. The molecule has 2 atom stereocenters. The maximum Gasteiger partial charge on any atom is 0.311 e. The summed E-state index contributed by atoms with van der Waals surface area (Å²) in [4.78, 5) is 25.1. The van der Waals surface area contributed by atoms with Crippen molar-refractivity contribution in [1.29, 1.82) is 0 Å². The Bertz CT molecular complexity index is 564. The summed E-state index contributed by atoms with van der Waals surface area (Å²) in [6, 6.07) is 4.32. The van der Waals surface area contributed by atoms with Gasteiger partial charge in [-0.25, -0.2) is 0 Å². The molecule has 1 saturated heterocycles. The summed E-state index contributed by atoms with van der Waals surface area (Å²) in [6.45, 7) is 3.38. The molecule has 1 aliphatic rings. The molecule has 1 aliphatic heterocycles. The number of alkyl halides is 1. The van der Waals surface area contributed by atoms with Crippen LogP contribution >= 0.6 is 15.9 Å². The topological polar surface area (TPSA) is 72.7 Å². The number of amides is 1. The van der Waals surface area contributed by atoms with Crippen LogP contribution in [0.2, 0.25) is 0 Å². The van der Waals surface area contributed by atoms with Crippen LogP contribution in [0.3, 0.4) is 0 Å². The molecular formula is C14H17BrN2O4. The number of nitro benzene ring substituents is 1. The van der Waals surface area contributed by atoms with Gasteiger partial charge in [-0.1, -0.05) is 22.9 Å². The van der Waals surface area contributed by atoms with E-state index < -0.39 is 4.92 Å². The predicted molar refractivity (Wildman–Crippen MR) is 82.0 cm³/mol. The maximum atomic E-state index is 12.5. The van der Waals surface area contributed by atoms with Gasteiger partial charge in [-0.3, -0.25) is 14.9 Å². The van der Waals surface area contributed by atoms with E-state index in [1.165, 1.54) is 19.2 Å². The molecule has 0 saturated carbocycles. The van der Waals surface area contributed by atoms with Gasteiger partial charge in [-0.15, -0.1) is 0 Å². The van der Waals surface area contributed by atoms with Crippen LogP contribution in [0, 0.1) is 16.0 Å². The van der Waals surface area contributed by atoms with Crippen molar-refractivity contribution in [2.24, 2.45) is 5.92 Å². The Hall–Kier alpha value is -1.63. The first-order valence-corrected chi connectivity index (χ1v) is 7.61. The van der Waals surface area contributed by atoms with E-state index in [-0.39, 0.29) is 17.3 Å². The Kier molecular flexibility index (Phi) is 4.82. The zero-order valence-electron chi connectivity index (χ0n) is 11.9. The van der Waals surface area contributed by atoms with Crippen LogP contribution in [0.5, 0.6) is 5.75 Å². The van der Waals surface area contributed by atoms with E-state index in [1.807, 2.05) is 0 Å². The molecule has 0 radical (unpaired) electrons. The van der Waals surface area contributed by atoms with Crippen molar-refractivity contribution in [1.82, 2.24) is 4.90 Å². The lowest BCUT2D eigenvalue weighted by Crippen LogP contribution is -2.43. The van der Waals surface area contributed by atoms with Crippen molar-refractivity contribution in [3.05, 3.63) is 33.9 Å². The van der Waals surface area contributed by atoms with Crippen LogP contribution in [-0.2, 0) is 0 Å². The lowest BCUT2D eigenvalue weighted by molar-refractivity contribution is -0.385. The lowest BCUT2D eigenvalue weighted by atomic mass is 9.99. The molecule has 0 aromatic heterocycles. The molecule has 1 amide bonds. The Morgan fingerprint density at radius 3 is 2.81 bits per heavy atom. The number of methoxy groups -OCH3 is 1. The quantitative estimate of drug-likeness (QED) is 0.474. The van der Waals surface area contributed by atoms with Gasteiger partial charge in [0.05, 0.1) is 12.0 Å². The number of rotatable bonds is 3. The number of halogens is 1. The SMILES string of the molecule is COc1ccc(C(=O)N2CCC(Br)C(C)C2)cc1[N+](=O)[O-]. The summed E-state index contributed by atoms with van der Waals surface area (Å²) in [7, 11) is 1.37. The number of benzene rings is 1. The fourth-order valence-corrected chi connectivity index (χ4v) is 2.82. The van der Waals surface area contributed by atoms with Gasteiger partial charge < -0.3 is 9.64 Å². The molecule has 0 N–H and O–H groups in total. The van der Waals surface area contributed by atoms with Crippen LogP contribution in [0.1, 0.15) is 23.7 Å². The van der Waals surface area contributed by atoms with Crippen molar-refractivity contribution in [3.8, 4) is 5.75 Å². The molecule has 7 heteroatoms. The average Bonchev–Trinajstić information content (AvgIpc) is 2.48. The van der Waals surface area contributed by atoms with E-state index in [0.29, 0.717) is 29.4 Å². The average molecular weight is 357 g/mol. The molecular weight excluding hydrogens is 340 g/mol. The number of nitro groups is 1. The predicted octanol–water partition coefficient (Wildman–Crippen LogP) is 2.85. The van der Waals surface area contributed by atoms with Gasteiger partial charge in [0.15, 0.2) is 5.75 Å². The second-order valence-electron chi connectivity index (χ2n) is 5.18. The lowest BCUT2D eigenvalue weighted by Gasteiger charge is -2.34. The molecule has 0 aliphatic carbocycles. The summed E-state index contributed by atoms with van der Waals surface area (Å²) in [5.41, 5.74) is 0.134. The van der Waals surface area contributed by atoms with E-state index in [9.17, 15) is 14.9 Å². The molecule has 0 bridgehead atoms. The molecule has 2 rings (SSSR count). The molecule has 1 aromatic rings. The normalized spacial score (nSPS) is 22.0. The van der Waals surface area contributed by atoms with E-state index in [0.717, 1.165) is 6.42 Å². The summed E-state index contributed by atoms with van der Waals surface area (Å²) in [5.74, 6) is 0.340. The zero-order valence-corrected chi connectivity index (χ0v) is 13.5. The third-order valence-electron chi connectivity index (χ3n) is 3.71. The van der Waals surface area contributed by atoms with Gasteiger partial charge in [0, 0.05) is 29.5 Å². The van der Waals surface area contributed by atoms with Crippen molar-refractivity contribution in [3.63, 3.8) is 0 Å². The first kappa shape index (κ1) is 15.8. The molecule has 0 spiro atoms. The van der Waals surface area contributed by atoms with E-state index in [4.69, 9.17) is 4.74 Å². The van der Waals surface area contributed by atoms with Crippen LogP contribution in [-0.4, -0.2) is 40.8 Å². The number of piperidine rings is 1. The summed E-state index contributed by atoms with van der Waals surface area (Å²) >= 11 is 3.59. The maximum absolute atomic E-state index is 12.5. The Labute approximate surface area is 131 Å². The molecule has 1 aromatic carbocycles. The van der Waals surface area contributed by atoms with Gasteiger partial charge in [0.1, 0.15) is 0 Å². The highest BCUT2D eigenvalue weighted by molar-refractivity contribution is 9.09. The fraction of sp³-hybridized carbons (Fsp3) is 0.500. The molecule has 1 fully saturated rings. The second-order valence-corrected chi connectivity index (χ2v) is 6.35. The first-order chi connectivity index (χ1) is 9.93. The number of hydrogen-bond donors (Lipinski definition) is 0. The van der Waals surface area contributed by atoms with Crippen molar-refractivity contribution in [2.45, 2.75) is 18.2 Å². The fourth-order valence-electron chi connectivity index (χ4n) is 2.45. The van der Waals surface area contributed by atoms with E-state index in [1.54, 1.807) is 11.0 Å². The van der Waals surface area contributed by atoms with E-state index >= 15 is 0 Å². The number of hydrogen-bond acceptors (Lipinski definition) is 4. The molecule has 21 heavy (non-hydrogen) atoms. The van der Waals surface area contributed by atoms with Gasteiger partial charge in [-0.2, -0.15) is 0 Å². The summed E-state index contributed by atoms with van der Waals surface area (Å²) < 4.78 is 4.95. The highest BCUT2D eigenvalue weighted by Crippen LogP contribution is 2.29. The number of likely N-dealkylation sites (tertiary alicyclic amines) is 1. The smallest absolute Gasteiger partial charge is 0.311 e. The largest absolute Gasteiger partial charge is 0.490 e. The number of nitrogens with zero attached hydrogens (tertiary/aromatic N) is 2. The van der Waals surface area contributed by atoms with Crippen LogP contribution in [0.4, 0.5) is 5.69 Å². The van der Waals surface area contributed by atoms with Gasteiger partial charge in [0.2, 0.25) is 0 Å². The van der Waals surface area contributed by atoms with Crippen molar-refractivity contribution < 1.29 is 14.5 Å². The second kappa shape index (κ2) is 6.43. The minimum Gasteiger partial charge on any atom is -0.490 e. The molecule has 6 nitrogen and oxygen atoms in total. The minimum absolute atomic E-state index is 0.157. The summed E-state index contributed by atoms with van der Waals surface area (Å²) in [6.07, 6.45) is 0.880. The standard InChI is InChI=1S/C14H17BrN2O4/c1-9-8-16(6-5-11(9)15)14(18)10-3-4-13(21-2)12(7-10)17(19)20/h3-4,7,9,11H,5-6,8H2,1-2H3. The highest BCUT2D eigenvalue weighted by atomic mass is 79.9. The Morgan fingerprint density at radius 1 is 1.52 bits per heavy atom. The zero-order chi connectivity index (χ0) is 15.6. The Morgan fingerprint density at radius 2 is 2.24 bits per heavy atom. The molecule has 2 unspecified atom stereocenters. The van der Waals surface area contributed by atoms with Gasteiger partial charge in [-0.05, 0) is 24.5 Å². The summed E-state index contributed by atoms with van der Waals surface area (Å²) in [5, 5.41) is 11.0. The van der Waals surface area contributed by atoms with Gasteiger partial charge in [0.25, 0.3) is 5.91 Å². The van der Waals surface area contributed by atoms with E-state index in [2.05, 4.69) is 22.9 Å². The number of ether oxygens (including phenoxy) is 1. The van der Waals surface area contributed by atoms with Crippen LogP contribution in [0.25, 0.3) is 0 Å².